The molecule has 3 amide bonds. The minimum absolute atomic E-state index is 0.0918. The monoisotopic (exact) mass is 858 g/mol. The topological polar surface area (TPSA) is 188 Å². The molecule has 0 unspecified atom stereocenters. The van der Waals surface area contributed by atoms with Crippen LogP contribution in [0, 0.1) is 18.9 Å². The molecule has 2 fully saturated rings. The number of likely N-dealkylation sites (tertiary alicyclic amines) is 2. The molecule has 0 aromatic heterocycles. The number of piperidine rings is 2. The number of amides is 3. The molecule has 0 bridgehead atoms. The molecular formula is C46H73N4O11+. The predicted octanol–water partition coefficient (Wildman–Crippen LogP) is 8.38. The largest absolute Gasteiger partial charge is 0.495 e. The Kier molecular flexibility index (Phi) is 22.7. The summed E-state index contributed by atoms with van der Waals surface area (Å²) in [5.41, 5.74) is 8.49. The second-order valence-corrected chi connectivity index (χ2v) is 17.2. The van der Waals surface area contributed by atoms with Crippen molar-refractivity contribution in [3.05, 3.63) is 54.6 Å². The molecule has 61 heavy (non-hydrogen) atoms. The average molecular weight is 858 g/mol. The van der Waals surface area contributed by atoms with E-state index in [2.05, 4.69) is 12.4 Å². The smallest absolute Gasteiger partial charge is 0.410 e. The Morgan fingerprint density at radius 1 is 0.738 bits per heavy atom. The minimum atomic E-state index is -0.840. The van der Waals surface area contributed by atoms with Crippen molar-refractivity contribution in [1.29, 1.82) is 0 Å². The van der Waals surface area contributed by atoms with E-state index in [9.17, 15) is 19.2 Å². The number of rotatable bonds is 15. The van der Waals surface area contributed by atoms with Crippen LogP contribution in [0.15, 0.2) is 36.4 Å². The average Bonchev–Trinajstić information content (AvgIpc) is 3.21. The van der Waals surface area contributed by atoms with Gasteiger partial charge in [0.2, 0.25) is 13.0 Å². The van der Waals surface area contributed by atoms with Crippen molar-refractivity contribution in [1.82, 2.24) is 9.80 Å². The molecule has 0 aliphatic carbocycles. The highest BCUT2D eigenvalue weighted by Crippen LogP contribution is 2.31. The van der Waals surface area contributed by atoms with E-state index in [4.69, 9.17) is 39.3 Å². The standard InChI is InChI=1S/C23H36N2O5.C12H18NO2.C11H19NO4/c1-23(2,3)30-22(27)25-14-9-12-18(16-25)21(26)24-20-17(10-6-7-15-28-4)11-8-13-19(20)29-5;1-14-9-4-3-6-10-7-5-8-11(15-2)12(10)13;1-11(2,3)16-10(15)12-6-4-5-8(7-12)9(13)14/h8,11,13,18H,6-7,9-10,12,14-16H2,1-5H3,(H,24,26);5,7-8H,1,3-4,6,9,13H2,2H3;8H,4-7H2,1-3H3,(H,13,14)/q;+1;/t18-;;8-/m1.1/s1. The van der Waals surface area contributed by atoms with E-state index in [1.807, 2.05) is 57.2 Å². The molecule has 15 nitrogen and oxygen atoms in total. The number of carboxylic acid groups (broad SMARTS) is 1. The van der Waals surface area contributed by atoms with Gasteiger partial charge in [0.25, 0.3) is 0 Å². The van der Waals surface area contributed by atoms with Crippen molar-refractivity contribution in [2.75, 3.05) is 71.8 Å². The lowest BCUT2D eigenvalue weighted by Gasteiger charge is -2.33. The van der Waals surface area contributed by atoms with Gasteiger partial charge in [-0.3, -0.25) is 9.59 Å². The predicted molar refractivity (Wildman–Crippen MR) is 237 cm³/mol. The molecule has 2 aromatic rings. The molecular weight excluding hydrogens is 785 g/mol. The van der Waals surface area contributed by atoms with Crippen molar-refractivity contribution in [3.63, 3.8) is 0 Å². The Labute approximate surface area is 363 Å². The maximum Gasteiger partial charge on any atom is 0.410 e. The molecule has 0 spiro atoms. The van der Waals surface area contributed by atoms with Gasteiger partial charge in [-0.2, -0.15) is 4.74 Å². The van der Waals surface area contributed by atoms with Gasteiger partial charge in [-0.1, -0.05) is 24.3 Å². The fraction of sp³-hybridized carbons (Fsp3) is 0.630. The van der Waals surface area contributed by atoms with Crippen LogP contribution in [-0.4, -0.2) is 111 Å². The molecule has 2 aliphatic rings. The molecule has 342 valence electrons. The number of nitrogen functional groups attached to an aromatic ring is 1. The van der Waals surface area contributed by atoms with Crippen LogP contribution < -0.4 is 20.5 Å². The van der Waals surface area contributed by atoms with E-state index in [0.29, 0.717) is 45.0 Å². The number of carbonyl (C=O) groups is 4. The highest BCUT2D eigenvalue weighted by Gasteiger charge is 2.32. The first-order valence-electron chi connectivity index (χ1n) is 21.3. The van der Waals surface area contributed by atoms with E-state index >= 15 is 0 Å². The van der Waals surface area contributed by atoms with Gasteiger partial charge in [0.15, 0.2) is 0 Å². The lowest BCUT2D eigenvalue weighted by Crippen LogP contribution is -2.45. The molecule has 4 N–H and O–H groups in total. The Bertz CT molecular complexity index is 1660. The normalized spacial score (nSPS) is 16.5. The second kappa shape index (κ2) is 26.4. The molecule has 0 saturated carbocycles. The van der Waals surface area contributed by atoms with Gasteiger partial charge in [0, 0.05) is 39.9 Å². The summed E-state index contributed by atoms with van der Waals surface area (Å²) in [5.74, 6) is -0.272. The van der Waals surface area contributed by atoms with Crippen molar-refractivity contribution in [2.45, 2.75) is 117 Å². The van der Waals surface area contributed by atoms with Crippen LogP contribution in [0.2, 0.25) is 0 Å². The number of unbranched alkanes of at least 4 members (excludes halogenated alkanes) is 2. The maximum absolute atomic E-state index is 13.1. The first-order valence-corrected chi connectivity index (χ1v) is 21.3. The van der Waals surface area contributed by atoms with E-state index in [-0.39, 0.29) is 24.5 Å². The highest BCUT2D eigenvalue weighted by molar-refractivity contribution is 5.95. The molecule has 2 saturated heterocycles. The molecule has 2 aromatic carbocycles. The summed E-state index contributed by atoms with van der Waals surface area (Å²) in [6.45, 7) is 14.1. The number of aliphatic carboxylic acids is 1. The number of anilines is 2. The number of hydrogen-bond donors (Lipinski definition) is 3. The lowest BCUT2D eigenvalue weighted by molar-refractivity contribution is -0.143. The number of nitrogens with one attached hydrogen (secondary N) is 1. The summed E-state index contributed by atoms with van der Waals surface area (Å²) in [6, 6.07) is 11.7. The molecule has 2 atom stereocenters. The number of nitrogens with two attached hydrogens (primary N) is 1. The fourth-order valence-electron chi connectivity index (χ4n) is 6.74. The zero-order chi connectivity index (χ0) is 45.6. The van der Waals surface area contributed by atoms with Crippen LogP contribution in [0.5, 0.6) is 11.5 Å². The number of methoxy groups -OCH3 is 3. The first kappa shape index (κ1) is 52.2. The minimum Gasteiger partial charge on any atom is -0.495 e. The van der Waals surface area contributed by atoms with Crippen LogP contribution in [0.1, 0.15) is 104 Å². The third-order valence-electron chi connectivity index (χ3n) is 9.85. The van der Waals surface area contributed by atoms with Crippen molar-refractivity contribution in [2.24, 2.45) is 11.8 Å². The first-order chi connectivity index (χ1) is 28.8. The zero-order valence-electron chi connectivity index (χ0n) is 38.1. The van der Waals surface area contributed by atoms with Crippen LogP contribution in [-0.2, 0) is 41.4 Å². The molecule has 15 heteroatoms. The summed E-state index contributed by atoms with van der Waals surface area (Å²) in [5, 5.41) is 12.0. The summed E-state index contributed by atoms with van der Waals surface area (Å²) >= 11 is 0. The molecule has 2 heterocycles. The van der Waals surface area contributed by atoms with Gasteiger partial charge in [-0.05, 0) is 129 Å². The van der Waals surface area contributed by atoms with Crippen LogP contribution in [0.3, 0.4) is 0 Å². The van der Waals surface area contributed by atoms with Gasteiger partial charge in [0.1, 0.15) is 22.7 Å². The van der Waals surface area contributed by atoms with Gasteiger partial charge < -0.3 is 49.6 Å². The van der Waals surface area contributed by atoms with Gasteiger partial charge in [0.05, 0.1) is 44.0 Å². The summed E-state index contributed by atoms with van der Waals surface area (Å²) < 4.78 is 31.2. The van der Waals surface area contributed by atoms with E-state index in [1.165, 1.54) is 4.90 Å². The van der Waals surface area contributed by atoms with Crippen molar-refractivity contribution in [3.8, 4) is 11.5 Å². The number of hydrogen-bond acceptors (Lipinski definition) is 11. The number of para-hydroxylation sites is 2. The van der Waals surface area contributed by atoms with Gasteiger partial charge in [-0.25, -0.2) is 9.59 Å². The third-order valence-corrected chi connectivity index (χ3v) is 9.85. The SMILES string of the molecule is CC(C)(C)OC(=O)N1CCC[C@@H](C(=O)O)C1.COCCCCc1cccc(OC)c1NC(=O)[C@@H]1CCCN(C(=O)OC(C)(C)C)C1.[CH2+]OCCCCc1cccc(OC)c1N. The number of carbonyl (C=O) groups excluding carboxylic acids is 3. The Balaban J connectivity index is 0.000000348. The summed E-state index contributed by atoms with van der Waals surface area (Å²) in [6.07, 6.45) is 7.81. The Morgan fingerprint density at radius 2 is 1.23 bits per heavy atom. The lowest BCUT2D eigenvalue weighted by atomic mass is 9.96. The van der Waals surface area contributed by atoms with E-state index in [1.54, 1.807) is 47.0 Å². The van der Waals surface area contributed by atoms with E-state index < -0.39 is 29.2 Å². The van der Waals surface area contributed by atoms with E-state index in [0.717, 1.165) is 86.0 Å². The maximum atomic E-state index is 13.1. The molecule has 2 aliphatic heterocycles. The number of ether oxygens (including phenoxy) is 6. The Morgan fingerprint density at radius 3 is 1.74 bits per heavy atom. The van der Waals surface area contributed by atoms with Gasteiger partial charge in [-0.15, -0.1) is 0 Å². The van der Waals surface area contributed by atoms with Crippen LogP contribution in [0.25, 0.3) is 0 Å². The molecule has 0 radical (unpaired) electrons. The number of aryl methyl sites for hydroxylation is 2. The van der Waals surface area contributed by atoms with Gasteiger partial charge >= 0.3 is 18.2 Å². The fourth-order valence-corrected chi connectivity index (χ4v) is 6.74. The Hall–Kier alpha value is -4.89. The van der Waals surface area contributed by atoms with Crippen LogP contribution >= 0.6 is 0 Å². The second-order valence-electron chi connectivity index (χ2n) is 17.2. The van der Waals surface area contributed by atoms with Crippen molar-refractivity contribution < 1.29 is 52.7 Å². The molecule has 4 rings (SSSR count). The number of benzene rings is 2. The number of nitrogens with zero attached hydrogens (tertiary/aromatic N) is 2. The van der Waals surface area contributed by atoms with Crippen molar-refractivity contribution >= 4 is 35.4 Å². The summed E-state index contributed by atoms with van der Waals surface area (Å²) in [4.78, 5) is 51.1. The number of carboxylic acids is 1. The summed E-state index contributed by atoms with van der Waals surface area (Å²) in [7, 11) is 8.26. The third kappa shape index (κ3) is 19.6. The van der Waals surface area contributed by atoms with Crippen LogP contribution in [0.4, 0.5) is 21.0 Å². The zero-order valence-corrected chi connectivity index (χ0v) is 38.1. The quantitative estimate of drug-likeness (QED) is 0.0883. The highest BCUT2D eigenvalue weighted by atomic mass is 16.6.